The molecule has 3 rings (SSSR count). The van der Waals surface area contributed by atoms with Crippen LogP contribution in [-0.4, -0.2) is 47.6 Å². The Hall–Kier alpha value is -2.28. The standard InChI is InChI=1S/C18H21N3O3S/c1-25-17-15(3-2-7-19-17)16(22)20-11-13-4-8-21(9-5-13)18(23)14-6-10-24-12-14/h2-3,6-7,10,12-13H,4-5,8-9,11H2,1H3,(H,20,22). The van der Waals surface area contributed by atoms with Gasteiger partial charge >= 0.3 is 0 Å². The fraction of sp³-hybridized carbons (Fsp3) is 0.389. The van der Waals surface area contributed by atoms with Gasteiger partial charge in [0, 0.05) is 25.8 Å². The summed E-state index contributed by atoms with van der Waals surface area (Å²) in [7, 11) is 0. The van der Waals surface area contributed by atoms with Crippen LogP contribution in [0, 0.1) is 5.92 Å². The second kappa shape index (κ2) is 8.20. The molecule has 2 aromatic rings. The van der Waals surface area contributed by atoms with Crippen LogP contribution in [0.2, 0.25) is 0 Å². The minimum atomic E-state index is -0.0886. The zero-order valence-corrected chi connectivity index (χ0v) is 14.9. The highest BCUT2D eigenvalue weighted by molar-refractivity contribution is 7.98. The van der Waals surface area contributed by atoms with Gasteiger partial charge in [-0.3, -0.25) is 9.59 Å². The molecule has 0 aliphatic carbocycles. The lowest BCUT2D eigenvalue weighted by Crippen LogP contribution is -2.41. The zero-order valence-electron chi connectivity index (χ0n) is 14.1. The average Bonchev–Trinajstić information content (AvgIpc) is 3.20. The lowest BCUT2D eigenvalue weighted by Gasteiger charge is -2.31. The third-order valence-corrected chi connectivity index (χ3v) is 5.14. The van der Waals surface area contributed by atoms with Crippen molar-refractivity contribution in [3.63, 3.8) is 0 Å². The number of carbonyl (C=O) groups is 2. The van der Waals surface area contributed by atoms with Gasteiger partial charge < -0.3 is 14.6 Å². The van der Waals surface area contributed by atoms with Crippen LogP contribution in [0.25, 0.3) is 0 Å². The van der Waals surface area contributed by atoms with Crippen LogP contribution in [0.4, 0.5) is 0 Å². The van der Waals surface area contributed by atoms with Crippen LogP contribution in [-0.2, 0) is 0 Å². The second-order valence-corrected chi connectivity index (χ2v) is 6.81. The molecule has 1 N–H and O–H groups in total. The summed E-state index contributed by atoms with van der Waals surface area (Å²) in [5.74, 6) is 0.303. The van der Waals surface area contributed by atoms with Crippen molar-refractivity contribution in [1.29, 1.82) is 0 Å². The van der Waals surface area contributed by atoms with Gasteiger partial charge in [-0.1, -0.05) is 0 Å². The molecule has 1 saturated heterocycles. The van der Waals surface area contributed by atoms with Crippen molar-refractivity contribution in [2.24, 2.45) is 5.92 Å². The maximum absolute atomic E-state index is 12.4. The molecule has 3 heterocycles. The third kappa shape index (κ3) is 4.22. The molecule has 6 nitrogen and oxygen atoms in total. The third-order valence-electron chi connectivity index (χ3n) is 4.43. The maximum atomic E-state index is 12.4. The average molecular weight is 359 g/mol. The molecule has 132 valence electrons. The number of hydrogen-bond acceptors (Lipinski definition) is 5. The first-order valence-corrected chi connectivity index (χ1v) is 9.50. The van der Waals surface area contributed by atoms with E-state index in [9.17, 15) is 9.59 Å². The van der Waals surface area contributed by atoms with Crippen molar-refractivity contribution in [3.8, 4) is 0 Å². The molecule has 0 spiro atoms. The first-order valence-electron chi connectivity index (χ1n) is 8.27. The van der Waals surface area contributed by atoms with E-state index in [2.05, 4.69) is 10.3 Å². The van der Waals surface area contributed by atoms with Gasteiger partial charge in [0.05, 0.1) is 17.4 Å². The quantitative estimate of drug-likeness (QED) is 0.831. The van der Waals surface area contributed by atoms with Crippen LogP contribution in [0.15, 0.2) is 46.4 Å². The molecule has 1 fully saturated rings. The van der Waals surface area contributed by atoms with E-state index in [-0.39, 0.29) is 11.8 Å². The Morgan fingerprint density at radius 1 is 1.36 bits per heavy atom. The number of carbonyl (C=O) groups excluding carboxylic acids is 2. The molecule has 1 aliphatic heterocycles. The number of furan rings is 1. The summed E-state index contributed by atoms with van der Waals surface area (Å²) >= 11 is 1.46. The van der Waals surface area contributed by atoms with Gasteiger partial charge in [0.15, 0.2) is 0 Å². The fourth-order valence-electron chi connectivity index (χ4n) is 2.97. The molecular formula is C18H21N3O3S. The Morgan fingerprint density at radius 2 is 2.16 bits per heavy atom. The van der Waals surface area contributed by atoms with Crippen LogP contribution in [0.1, 0.15) is 33.6 Å². The van der Waals surface area contributed by atoms with Gasteiger partial charge in [-0.2, -0.15) is 0 Å². The van der Waals surface area contributed by atoms with Gasteiger partial charge in [0.2, 0.25) is 0 Å². The van der Waals surface area contributed by atoms with Crippen LogP contribution in [0.3, 0.4) is 0 Å². The molecule has 0 saturated carbocycles. The minimum Gasteiger partial charge on any atom is -0.472 e. The van der Waals surface area contributed by atoms with Gasteiger partial charge in [0.25, 0.3) is 11.8 Å². The minimum absolute atomic E-state index is 0.0104. The number of rotatable bonds is 5. The van der Waals surface area contributed by atoms with E-state index >= 15 is 0 Å². The van der Waals surface area contributed by atoms with Crippen molar-refractivity contribution in [2.75, 3.05) is 25.9 Å². The summed E-state index contributed by atoms with van der Waals surface area (Å²) in [6, 6.07) is 5.25. The number of likely N-dealkylation sites (tertiary alicyclic amines) is 1. The van der Waals surface area contributed by atoms with Gasteiger partial charge in [-0.25, -0.2) is 4.98 Å². The molecule has 25 heavy (non-hydrogen) atoms. The Labute approximate surface area is 151 Å². The largest absolute Gasteiger partial charge is 0.472 e. The summed E-state index contributed by atoms with van der Waals surface area (Å²) in [4.78, 5) is 30.7. The molecule has 0 radical (unpaired) electrons. The Morgan fingerprint density at radius 3 is 2.84 bits per heavy atom. The Bertz CT molecular complexity index is 725. The number of amides is 2. The number of hydrogen-bond donors (Lipinski definition) is 1. The molecule has 0 unspecified atom stereocenters. The summed E-state index contributed by atoms with van der Waals surface area (Å²) in [5.41, 5.74) is 1.20. The van der Waals surface area contributed by atoms with E-state index in [1.54, 1.807) is 24.4 Å². The molecule has 1 aliphatic rings. The number of thioether (sulfide) groups is 1. The zero-order chi connectivity index (χ0) is 17.6. The number of aromatic nitrogens is 1. The summed E-state index contributed by atoms with van der Waals surface area (Å²) in [6.45, 7) is 2.02. The number of piperidine rings is 1. The highest BCUT2D eigenvalue weighted by Crippen LogP contribution is 2.20. The highest BCUT2D eigenvalue weighted by Gasteiger charge is 2.24. The first kappa shape index (κ1) is 17.5. The second-order valence-electron chi connectivity index (χ2n) is 6.02. The predicted molar refractivity (Wildman–Crippen MR) is 95.7 cm³/mol. The van der Waals surface area contributed by atoms with Crippen LogP contribution >= 0.6 is 11.8 Å². The monoisotopic (exact) mass is 359 g/mol. The van der Waals surface area contributed by atoms with E-state index in [4.69, 9.17) is 4.42 Å². The van der Waals surface area contributed by atoms with Crippen molar-refractivity contribution < 1.29 is 14.0 Å². The fourth-order valence-corrected chi connectivity index (χ4v) is 3.51. The van der Waals surface area contributed by atoms with E-state index < -0.39 is 0 Å². The summed E-state index contributed by atoms with van der Waals surface area (Å²) in [6.07, 6.45) is 8.35. The van der Waals surface area contributed by atoms with E-state index in [0.29, 0.717) is 36.7 Å². The normalized spacial score (nSPS) is 15.2. The summed E-state index contributed by atoms with van der Waals surface area (Å²) < 4.78 is 4.97. The number of nitrogens with one attached hydrogen (secondary N) is 1. The van der Waals surface area contributed by atoms with E-state index in [1.807, 2.05) is 11.2 Å². The maximum Gasteiger partial charge on any atom is 0.257 e. The Kier molecular flexibility index (Phi) is 5.75. The van der Waals surface area contributed by atoms with Crippen LogP contribution in [0.5, 0.6) is 0 Å². The van der Waals surface area contributed by atoms with Crippen molar-refractivity contribution in [1.82, 2.24) is 15.2 Å². The molecule has 7 heteroatoms. The topological polar surface area (TPSA) is 75.4 Å². The molecule has 2 amide bonds. The number of pyridine rings is 1. The van der Waals surface area contributed by atoms with Gasteiger partial charge in [0.1, 0.15) is 11.3 Å². The van der Waals surface area contributed by atoms with E-state index in [0.717, 1.165) is 17.9 Å². The molecular weight excluding hydrogens is 338 g/mol. The van der Waals surface area contributed by atoms with E-state index in [1.165, 1.54) is 24.3 Å². The molecule has 0 bridgehead atoms. The lowest BCUT2D eigenvalue weighted by molar-refractivity contribution is 0.0683. The molecule has 2 aromatic heterocycles. The van der Waals surface area contributed by atoms with Gasteiger partial charge in [-0.15, -0.1) is 11.8 Å². The van der Waals surface area contributed by atoms with Crippen molar-refractivity contribution in [2.45, 2.75) is 17.9 Å². The molecule has 0 atom stereocenters. The van der Waals surface area contributed by atoms with Gasteiger partial charge in [-0.05, 0) is 43.2 Å². The lowest BCUT2D eigenvalue weighted by atomic mass is 9.96. The van der Waals surface area contributed by atoms with Crippen molar-refractivity contribution in [3.05, 3.63) is 48.0 Å². The van der Waals surface area contributed by atoms with Crippen molar-refractivity contribution >= 4 is 23.6 Å². The Balaban J connectivity index is 1.48. The summed E-state index contributed by atoms with van der Waals surface area (Å²) in [5, 5.41) is 3.74. The smallest absolute Gasteiger partial charge is 0.257 e. The van der Waals surface area contributed by atoms with Crippen LogP contribution < -0.4 is 5.32 Å². The first-order chi connectivity index (χ1) is 12.2. The highest BCUT2D eigenvalue weighted by atomic mass is 32.2. The SMILES string of the molecule is CSc1ncccc1C(=O)NCC1CCN(C(=O)c2ccoc2)CC1. The predicted octanol–water partition coefficient (Wildman–Crippen LogP) is 2.68. The number of nitrogens with zero attached hydrogens (tertiary/aromatic N) is 2. The molecule has 0 aromatic carbocycles.